The molecule has 0 radical (unpaired) electrons. The van der Waals surface area contributed by atoms with Crippen LogP contribution in [-0.2, 0) is 0 Å². The number of halogens is 1. The SMILES string of the molecule is CC.CCCC(C)(Cl)C(C)CC. The van der Waals surface area contributed by atoms with Gasteiger partial charge in [-0.15, -0.1) is 11.6 Å². The van der Waals surface area contributed by atoms with Crippen molar-refractivity contribution in [2.75, 3.05) is 0 Å². The van der Waals surface area contributed by atoms with E-state index >= 15 is 0 Å². The molecule has 0 aliphatic heterocycles. The number of alkyl halides is 1. The van der Waals surface area contributed by atoms with E-state index in [4.69, 9.17) is 11.6 Å². The first-order valence-corrected chi connectivity index (χ1v) is 5.61. The molecule has 0 N–H and O–H groups in total. The summed E-state index contributed by atoms with van der Waals surface area (Å²) in [5.74, 6) is 0.633. The summed E-state index contributed by atoms with van der Waals surface area (Å²) in [5.41, 5.74) is 0. The molecule has 0 aromatic carbocycles. The molecule has 0 nitrogen and oxygen atoms in total. The summed E-state index contributed by atoms with van der Waals surface area (Å²) in [6, 6.07) is 0. The molecule has 0 heterocycles. The quantitative estimate of drug-likeness (QED) is 0.559. The highest BCUT2D eigenvalue weighted by Gasteiger charge is 2.25. The van der Waals surface area contributed by atoms with Crippen molar-refractivity contribution in [1.82, 2.24) is 0 Å². The van der Waals surface area contributed by atoms with Crippen LogP contribution in [0, 0.1) is 5.92 Å². The topological polar surface area (TPSA) is 0 Å². The van der Waals surface area contributed by atoms with E-state index in [1.54, 1.807) is 0 Å². The van der Waals surface area contributed by atoms with Crippen molar-refractivity contribution in [2.45, 2.75) is 65.7 Å². The maximum atomic E-state index is 6.29. The lowest BCUT2D eigenvalue weighted by Crippen LogP contribution is -2.25. The van der Waals surface area contributed by atoms with Crippen LogP contribution in [0.5, 0.6) is 0 Å². The second-order valence-corrected chi connectivity index (χ2v) is 4.20. The highest BCUT2D eigenvalue weighted by molar-refractivity contribution is 6.23. The van der Waals surface area contributed by atoms with E-state index < -0.39 is 0 Å². The van der Waals surface area contributed by atoms with Gasteiger partial charge in [0.2, 0.25) is 0 Å². The minimum atomic E-state index is 0.0313. The maximum absolute atomic E-state index is 6.29. The maximum Gasteiger partial charge on any atom is 0.0444 e. The molecule has 0 rings (SSSR count). The molecule has 0 amide bonds. The Balaban J connectivity index is 0. The van der Waals surface area contributed by atoms with Gasteiger partial charge in [-0.3, -0.25) is 0 Å². The zero-order chi connectivity index (χ0) is 10.2. The van der Waals surface area contributed by atoms with E-state index in [0.29, 0.717) is 5.92 Å². The zero-order valence-electron chi connectivity index (χ0n) is 9.58. The third-order valence-electron chi connectivity index (χ3n) is 2.38. The number of hydrogen-bond donors (Lipinski definition) is 0. The van der Waals surface area contributed by atoms with Crippen molar-refractivity contribution in [2.24, 2.45) is 5.92 Å². The van der Waals surface area contributed by atoms with E-state index in [-0.39, 0.29) is 4.87 Å². The first kappa shape index (κ1) is 14.8. The predicted molar refractivity (Wildman–Crippen MR) is 60.0 cm³/mol. The molecule has 1 heteroatoms. The van der Waals surface area contributed by atoms with Crippen molar-refractivity contribution >= 4 is 11.6 Å². The Labute approximate surface area is 83.7 Å². The molecule has 0 saturated carbocycles. The van der Waals surface area contributed by atoms with Crippen LogP contribution in [0.2, 0.25) is 0 Å². The van der Waals surface area contributed by atoms with Gasteiger partial charge >= 0.3 is 0 Å². The van der Waals surface area contributed by atoms with Gasteiger partial charge < -0.3 is 0 Å². The third-order valence-corrected chi connectivity index (χ3v) is 2.94. The highest BCUT2D eigenvalue weighted by Crippen LogP contribution is 2.31. The van der Waals surface area contributed by atoms with E-state index in [2.05, 4.69) is 27.7 Å². The first-order valence-electron chi connectivity index (χ1n) is 5.23. The third kappa shape index (κ3) is 5.88. The summed E-state index contributed by atoms with van der Waals surface area (Å²) in [7, 11) is 0. The summed E-state index contributed by atoms with van der Waals surface area (Å²) >= 11 is 6.29. The summed E-state index contributed by atoms with van der Waals surface area (Å²) in [4.78, 5) is 0.0313. The Hall–Kier alpha value is 0.290. The second kappa shape index (κ2) is 7.91. The van der Waals surface area contributed by atoms with Crippen LogP contribution in [-0.4, -0.2) is 4.87 Å². The van der Waals surface area contributed by atoms with Crippen LogP contribution in [0.3, 0.4) is 0 Å². The molecular formula is C11H25Cl. The standard InChI is InChI=1S/C9H19Cl.C2H6/c1-5-7-9(4,10)8(3)6-2;1-2/h8H,5-7H2,1-4H3;1-2H3. The molecule has 0 aliphatic carbocycles. The van der Waals surface area contributed by atoms with Crippen molar-refractivity contribution in [3.05, 3.63) is 0 Å². The van der Waals surface area contributed by atoms with Gasteiger partial charge in [0.05, 0.1) is 0 Å². The van der Waals surface area contributed by atoms with E-state index in [9.17, 15) is 0 Å². The van der Waals surface area contributed by atoms with E-state index in [1.165, 1.54) is 12.8 Å². The largest absolute Gasteiger partial charge is 0.119 e. The smallest absolute Gasteiger partial charge is 0.0444 e. The Morgan fingerprint density at radius 2 is 1.67 bits per heavy atom. The highest BCUT2D eigenvalue weighted by atomic mass is 35.5. The lowest BCUT2D eigenvalue weighted by molar-refractivity contribution is 0.385. The molecule has 2 unspecified atom stereocenters. The molecule has 12 heavy (non-hydrogen) atoms. The Morgan fingerprint density at radius 3 is 1.92 bits per heavy atom. The molecule has 0 fully saturated rings. The van der Waals surface area contributed by atoms with E-state index in [0.717, 1.165) is 6.42 Å². The number of hydrogen-bond acceptors (Lipinski definition) is 0. The van der Waals surface area contributed by atoms with Gasteiger partial charge in [-0.05, 0) is 19.3 Å². The molecule has 0 bridgehead atoms. The van der Waals surface area contributed by atoms with Gasteiger partial charge in [-0.1, -0.05) is 47.5 Å². The fourth-order valence-corrected chi connectivity index (χ4v) is 1.50. The van der Waals surface area contributed by atoms with Gasteiger partial charge in [0, 0.05) is 4.87 Å². The predicted octanol–water partition coefficient (Wildman–Crippen LogP) is 4.86. The lowest BCUT2D eigenvalue weighted by atomic mass is 9.89. The average Bonchev–Trinajstić information content (AvgIpc) is 2.06. The Kier molecular flexibility index (Phi) is 9.76. The summed E-state index contributed by atoms with van der Waals surface area (Å²) in [5, 5.41) is 0. The fourth-order valence-electron chi connectivity index (χ4n) is 1.16. The first-order chi connectivity index (χ1) is 5.54. The zero-order valence-corrected chi connectivity index (χ0v) is 10.3. The van der Waals surface area contributed by atoms with E-state index in [1.807, 2.05) is 13.8 Å². The lowest BCUT2D eigenvalue weighted by Gasteiger charge is -2.27. The van der Waals surface area contributed by atoms with Crippen molar-refractivity contribution in [3.63, 3.8) is 0 Å². The van der Waals surface area contributed by atoms with Crippen LogP contribution in [0.25, 0.3) is 0 Å². The molecule has 0 aromatic rings. The van der Waals surface area contributed by atoms with Gasteiger partial charge in [0.25, 0.3) is 0 Å². The molecular weight excluding hydrogens is 168 g/mol. The molecule has 0 aromatic heterocycles. The van der Waals surface area contributed by atoms with Crippen molar-refractivity contribution < 1.29 is 0 Å². The Bertz CT molecular complexity index is 87.0. The molecule has 0 saturated heterocycles. The van der Waals surface area contributed by atoms with Crippen LogP contribution in [0.15, 0.2) is 0 Å². The van der Waals surface area contributed by atoms with Crippen LogP contribution in [0.1, 0.15) is 60.8 Å². The van der Waals surface area contributed by atoms with Crippen molar-refractivity contribution in [3.8, 4) is 0 Å². The monoisotopic (exact) mass is 192 g/mol. The summed E-state index contributed by atoms with van der Waals surface area (Å²) in [6.45, 7) is 12.7. The van der Waals surface area contributed by atoms with Gasteiger partial charge in [0.1, 0.15) is 0 Å². The van der Waals surface area contributed by atoms with Crippen LogP contribution >= 0.6 is 11.6 Å². The number of rotatable bonds is 4. The van der Waals surface area contributed by atoms with Crippen LogP contribution in [0.4, 0.5) is 0 Å². The molecule has 0 spiro atoms. The second-order valence-electron chi connectivity index (χ2n) is 3.34. The molecule has 76 valence electrons. The van der Waals surface area contributed by atoms with Crippen molar-refractivity contribution in [1.29, 1.82) is 0 Å². The Morgan fingerprint density at radius 1 is 1.25 bits per heavy atom. The van der Waals surface area contributed by atoms with Gasteiger partial charge in [0.15, 0.2) is 0 Å². The fraction of sp³-hybridized carbons (Fsp3) is 1.00. The minimum Gasteiger partial charge on any atom is -0.119 e. The average molecular weight is 193 g/mol. The summed E-state index contributed by atoms with van der Waals surface area (Å²) < 4.78 is 0. The van der Waals surface area contributed by atoms with Crippen LogP contribution < -0.4 is 0 Å². The summed E-state index contributed by atoms with van der Waals surface area (Å²) in [6.07, 6.45) is 3.49. The normalized spacial score (nSPS) is 17.2. The minimum absolute atomic E-state index is 0.0313. The molecule has 2 atom stereocenters. The molecule has 0 aliphatic rings. The van der Waals surface area contributed by atoms with Gasteiger partial charge in [-0.2, -0.15) is 0 Å². The van der Waals surface area contributed by atoms with Gasteiger partial charge in [-0.25, -0.2) is 0 Å².